The van der Waals surface area contributed by atoms with Crippen LogP contribution in [0.5, 0.6) is 0 Å². The molecule has 1 saturated heterocycles. The molecule has 2 amide bonds. The maximum atomic E-state index is 12.5. The average molecular weight is 413 g/mol. The van der Waals surface area contributed by atoms with Crippen LogP contribution in [0.3, 0.4) is 0 Å². The van der Waals surface area contributed by atoms with Crippen molar-refractivity contribution in [3.05, 3.63) is 44.4 Å². The number of hydrogen-bond donors (Lipinski definition) is 1. The number of rotatable bonds is 4. The summed E-state index contributed by atoms with van der Waals surface area (Å²) in [5.41, 5.74) is 1.09. The number of hydrogen-bond acceptors (Lipinski definition) is 5. The molecule has 0 radical (unpaired) electrons. The second-order valence-electron chi connectivity index (χ2n) is 6.26. The first-order valence-electron chi connectivity index (χ1n) is 8.27. The second kappa shape index (κ2) is 8.33. The Morgan fingerprint density at radius 2 is 2.04 bits per heavy atom. The van der Waals surface area contributed by atoms with Gasteiger partial charge in [-0.2, -0.15) is 0 Å². The van der Waals surface area contributed by atoms with Gasteiger partial charge in [0.25, 0.3) is 11.8 Å². The van der Waals surface area contributed by atoms with Gasteiger partial charge in [0.05, 0.1) is 16.3 Å². The molecule has 3 rings (SSSR count). The lowest BCUT2D eigenvalue weighted by molar-refractivity contribution is 0.0688. The maximum absolute atomic E-state index is 12.5. The zero-order valence-corrected chi connectivity index (χ0v) is 16.5. The molecule has 1 aliphatic rings. The number of likely N-dealkylation sites (tertiary alicyclic amines) is 1. The van der Waals surface area contributed by atoms with Gasteiger partial charge >= 0.3 is 0 Å². The number of piperidine rings is 1. The van der Waals surface area contributed by atoms with Gasteiger partial charge in [-0.25, -0.2) is 0 Å². The highest BCUT2D eigenvalue weighted by molar-refractivity contribution is 7.07. The monoisotopic (exact) mass is 412 g/mol. The Balaban J connectivity index is 1.49. The summed E-state index contributed by atoms with van der Waals surface area (Å²) in [7, 11) is 0. The number of nitrogens with one attached hydrogen (secondary N) is 1. The van der Waals surface area contributed by atoms with Crippen LogP contribution >= 0.6 is 34.7 Å². The third-order valence-corrected chi connectivity index (χ3v) is 5.84. The van der Waals surface area contributed by atoms with Crippen LogP contribution in [-0.4, -0.2) is 45.9 Å². The first kappa shape index (κ1) is 19.1. The van der Waals surface area contributed by atoms with Crippen molar-refractivity contribution in [1.29, 1.82) is 0 Å². The highest BCUT2D eigenvalue weighted by atomic mass is 35.5. The van der Waals surface area contributed by atoms with E-state index in [1.165, 1.54) is 0 Å². The van der Waals surface area contributed by atoms with Gasteiger partial charge in [0.15, 0.2) is 0 Å². The van der Waals surface area contributed by atoms with Gasteiger partial charge in [-0.1, -0.05) is 27.7 Å². The minimum absolute atomic E-state index is 0.00654. The van der Waals surface area contributed by atoms with E-state index in [1.807, 2.05) is 4.90 Å². The Hall–Kier alpha value is -1.70. The van der Waals surface area contributed by atoms with Crippen molar-refractivity contribution in [3.8, 4) is 0 Å². The molecule has 2 aromatic rings. The molecular formula is C17H18Cl2N4O2S. The van der Waals surface area contributed by atoms with Gasteiger partial charge in [0.1, 0.15) is 4.88 Å². The number of halogens is 2. The zero-order valence-electron chi connectivity index (χ0n) is 14.2. The molecule has 0 saturated carbocycles. The summed E-state index contributed by atoms with van der Waals surface area (Å²) in [6.45, 7) is 3.68. The number of nitrogens with zero attached hydrogens (tertiary/aromatic N) is 3. The summed E-state index contributed by atoms with van der Waals surface area (Å²) in [5, 5.41) is 7.65. The van der Waals surface area contributed by atoms with E-state index in [2.05, 4.69) is 14.9 Å². The molecule has 0 bridgehead atoms. The van der Waals surface area contributed by atoms with Crippen molar-refractivity contribution < 1.29 is 9.59 Å². The molecule has 1 aromatic carbocycles. The van der Waals surface area contributed by atoms with Crippen LogP contribution < -0.4 is 5.32 Å². The molecule has 1 N–H and O–H groups in total. The molecule has 1 fully saturated rings. The quantitative estimate of drug-likeness (QED) is 0.834. The van der Waals surface area contributed by atoms with Crippen molar-refractivity contribution in [2.24, 2.45) is 5.92 Å². The lowest BCUT2D eigenvalue weighted by atomic mass is 9.96. The van der Waals surface area contributed by atoms with Crippen molar-refractivity contribution in [3.63, 3.8) is 0 Å². The number of benzene rings is 1. The SMILES string of the molecule is Cc1nnsc1C(=O)N1CCC(CNC(=O)c2ccc(Cl)cc2Cl)CC1. The molecule has 9 heteroatoms. The van der Waals surface area contributed by atoms with Crippen LogP contribution in [0.2, 0.25) is 10.0 Å². The molecule has 6 nitrogen and oxygen atoms in total. The minimum atomic E-state index is -0.212. The fourth-order valence-electron chi connectivity index (χ4n) is 2.92. The van der Waals surface area contributed by atoms with Gasteiger partial charge in [-0.05, 0) is 55.4 Å². The van der Waals surface area contributed by atoms with Crippen LogP contribution in [0.15, 0.2) is 18.2 Å². The van der Waals surface area contributed by atoms with E-state index in [1.54, 1.807) is 25.1 Å². The van der Waals surface area contributed by atoms with Gasteiger partial charge in [-0.15, -0.1) is 5.10 Å². The Bertz CT molecular complexity index is 819. The van der Waals surface area contributed by atoms with Gasteiger partial charge < -0.3 is 10.2 Å². The van der Waals surface area contributed by atoms with Gasteiger partial charge in [0, 0.05) is 24.7 Å². The standard InChI is InChI=1S/C17H18Cl2N4O2S/c1-10-15(26-22-21-10)17(25)23-6-4-11(5-7-23)9-20-16(24)13-3-2-12(18)8-14(13)19/h2-3,8,11H,4-7,9H2,1H3,(H,20,24). The third-order valence-electron chi connectivity index (χ3n) is 4.47. The number of carbonyl (C=O) groups is 2. The summed E-state index contributed by atoms with van der Waals surface area (Å²) >= 11 is 13.0. The summed E-state index contributed by atoms with van der Waals surface area (Å²) in [6.07, 6.45) is 1.68. The van der Waals surface area contributed by atoms with Crippen LogP contribution in [0, 0.1) is 12.8 Å². The Labute approximate surface area is 165 Å². The number of aryl methyl sites for hydroxylation is 1. The fourth-order valence-corrected chi connectivity index (χ4v) is 4.04. The van der Waals surface area contributed by atoms with Crippen LogP contribution in [0.4, 0.5) is 0 Å². The van der Waals surface area contributed by atoms with E-state index in [9.17, 15) is 9.59 Å². The van der Waals surface area contributed by atoms with E-state index < -0.39 is 0 Å². The van der Waals surface area contributed by atoms with Crippen LogP contribution in [-0.2, 0) is 0 Å². The largest absolute Gasteiger partial charge is 0.352 e. The first-order chi connectivity index (χ1) is 12.5. The van der Waals surface area contributed by atoms with E-state index in [0.717, 1.165) is 24.4 Å². The summed E-state index contributed by atoms with van der Waals surface area (Å²) in [6, 6.07) is 4.81. The molecule has 0 atom stereocenters. The summed E-state index contributed by atoms with van der Waals surface area (Å²) in [4.78, 5) is 27.2. The highest BCUT2D eigenvalue weighted by Crippen LogP contribution is 2.22. The van der Waals surface area contributed by atoms with E-state index in [4.69, 9.17) is 23.2 Å². The minimum Gasteiger partial charge on any atom is -0.352 e. The summed E-state index contributed by atoms with van der Waals surface area (Å²) in [5.74, 6) is 0.110. The predicted octanol–water partition coefficient (Wildman–Crippen LogP) is 3.44. The molecule has 138 valence electrons. The molecule has 26 heavy (non-hydrogen) atoms. The third kappa shape index (κ3) is 4.34. The van der Waals surface area contributed by atoms with Crippen LogP contribution in [0.25, 0.3) is 0 Å². The Kier molecular flexibility index (Phi) is 6.11. The van der Waals surface area contributed by atoms with Gasteiger partial charge in [0.2, 0.25) is 0 Å². The molecular weight excluding hydrogens is 395 g/mol. The topological polar surface area (TPSA) is 75.2 Å². The lowest BCUT2D eigenvalue weighted by Crippen LogP contribution is -2.41. The average Bonchev–Trinajstić information content (AvgIpc) is 3.05. The molecule has 0 unspecified atom stereocenters. The highest BCUT2D eigenvalue weighted by Gasteiger charge is 2.26. The molecule has 2 heterocycles. The fraction of sp³-hybridized carbons (Fsp3) is 0.412. The second-order valence-corrected chi connectivity index (χ2v) is 7.85. The Morgan fingerprint density at radius 3 is 2.65 bits per heavy atom. The number of aromatic nitrogens is 2. The summed E-state index contributed by atoms with van der Waals surface area (Å²) < 4.78 is 3.82. The maximum Gasteiger partial charge on any atom is 0.267 e. The van der Waals surface area contributed by atoms with Crippen LogP contribution in [0.1, 0.15) is 38.6 Å². The normalized spacial score (nSPS) is 15.1. The lowest BCUT2D eigenvalue weighted by Gasteiger charge is -2.31. The number of carbonyl (C=O) groups excluding carboxylic acids is 2. The molecule has 1 aliphatic heterocycles. The number of amides is 2. The first-order valence-corrected chi connectivity index (χ1v) is 9.80. The molecule has 0 spiro atoms. The van der Waals surface area contributed by atoms with E-state index in [0.29, 0.717) is 51.7 Å². The predicted molar refractivity (Wildman–Crippen MR) is 102 cm³/mol. The van der Waals surface area contributed by atoms with Crippen molar-refractivity contribution >= 4 is 46.5 Å². The molecule has 1 aromatic heterocycles. The molecule has 0 aliphatic carbocycles. The zero-order chi connectivity index (χ0) is 18.7. The van der Waals surface area contributed by atoms with Gasteiger partial charge in [-0.3, -0.25) is 9.59 Å². The van der Waals surface area contributed by atoms with Crippen molar-refractivity contribution in [1.82, 2.24) is 19.8 Å². The van der Waals surface area contributed by atoms with E-state index >= 15 is 0 Å². The Morgan fingerprint density at radius 1 is 1.31 bits per heavy atom. The van der Waals surface area contributed by atoms with Crippen molar-refractivity contribution in [2.75, 3.05) is 19.6 Å². The van der Waals surface area contributed by atoms with E-state index in [-0.39, 0.29) is 11.8 Å². The smallest absolute Gasteiger partial charge is 0.267 e. The van der Waals surface area contributed by atoms with Crippen molar-refractivity contribution in [2.45, 2.75) is 19.8 Å².